The summed E-state index contributed by atoms with van der Waals surface area (Å²) in [5.74, 6) is 0. The van der Waals surface area contributed by atoms with Crippen LogP contribution in [0, 0.1) is 0 Å². The Balaban J connectivity index is 2.10. The summed E-state index contributed by atoms with van der Waals surface area (Å²) in [5.41, 5.74) is 1.23. The van der Waals surface area contributed by atoms with E-state index in [4.69, 9.17) is 5.11 Å². The molecule has 0 aliphatic heterocycles. The SMILES string of the molecule is C[C@H](O)CCC=CCC=CC=CCc1cccnc1. The molecular formula is C17H23NO. The van der Waals surface area contributed by atoms with Gasteiger partial charge < -0.3 is 5.11 Å². The van der Waals surface area contributed by atoms with E-state index < -0.39 is 0 Å². The van der Waals surface area contributed by atoms with Crippen LogP contribution in [0.1, 0.15) is 31.7 Å². The molecule has 0 bridgehead atoms. The molecule has 0 saturated carbocycles. The van der Waals surface area contributed by atoms with Crippen molar-refractivity contribution in [2.75, 3.05) is 0 Å². The third-order valence-corrected chi connectivity index (χ3v) is 2.65. The van der Waals surface area contributed by atoms with Crippen LogP contribution in [0.25, 0.3) is 0 Å². The number of hydrogen-bond donors (Lipinski definition) is 1. The van der Waals surface area contributed by atoms with E-state index in [0.717, 1.165) is 25.7 Å². The Kier molecular flexibility index (Phi) is 8.32. The average Bonchev–Trinajstić information content (AvgIpc) is 2.42. The Labute approximate surface area is 116 Å². The minimum absolute atomic E-state index is 0.199. The Morgan fingerprint density at radius 2 is 2.05 bits per heavy atom. The molecule has 1 rings (SSSR count). The molecular weight excluding hydrogens is 234 g/mol. The highest BCUT2D eigenvalue weighted by Gasteiger charge is 1.90. The van der Waals surface area contributed by atoms with Gasteiger partial charge >= 0.3 is 0 Å². The monoisotopic (exact) mass is 257 g/mol. The molecule has 2 nitrogen and oxygen atoms in total. The predicted octanol–water partition coefficient (Wildman–Crippen LogP) is 3.84. The van der Waals surface area contributed by atoms with Crippen LogP contribution in [0.2, 0.25) is 0 Å². The van der Waals surface area contributed by atoms with Crippen molar-refractivity contribution in [3.63, 3.8) is 0 Å². The van der Waals surface area contributed by atoms with E-state index in [2.05, 4.69) is 47.5 Å². The average molecular weight is 257 g/mol. The van der Waals surface area contributed by atoms with Gasteiger partial charge in [0.15, 0.2) is 0 Å². The second-order valence-electron chi connectivity index (χ2n) is 4.56. The fraction of sp³-hybridized carbons (Fsp3) is 0.353. The van der Waals surface area contributed by atoms with E-state index in [-0.39, 0.29) is 6.10 Å². The van der Waals surface area contributed by atoms with Gasteiger partial charge in [-0.25, -0.2) is 0 Å². The van der Waals surface area contributed by atoms with E-state index in [1.165, 1.54) is 5.56 Å². The summed E-state index contributed by atoms with van der Waals surface area (Å²) in [7, 11) is 0. The number of rotatable bonds is 8. The third kappa shape index (κ3) is 8.97. The maximum absolute atomic E-state index is 9.08. The van der Waals surface area contributed by atoms with Crippen molar-refractivity contribution in [3.05, 3.63) is 66.5 Å². The van der Waals surface area contributed by atoms with Crippen molar-refractivity contribution in [2.45, 2.75) is 38.7 Å². The predicted molar refractivity (Wildman–Crippen MR) is 80.9 cm³/mol. The van der Waals surface area contributed by atoms with Crippen LogP contribution in [0.5, 0.6) is 0 Å². The van der Waals surface area contributed by atoms with Gasteiger partial charge in [-0.15, -0.1) is 0 Å². The molecule has 0 fully saturated rings. The number of nitrogens with zero attached hydrogens (tertiary/aromatic N) is 1. The lowest BCUT2D eigenvalue weighted by Crippen LogP contribution is -1.96. The molecule has 1 aromatic heterocycles. The van der Waals surface area contributed by atoms with Crippen LogP contribution >= 0.6 is 0 Å². The molecule has 0 aliphatic rings. The Morgan fingerprint density at radius 3 is 2.79 bits per heavy atom. The first-order valence-corrected chi connectivity index (χ1v) is 6.82. The molecule has 1 N–H and O–H groups in total. The molecule has 0 aromatic carbocycles. The molecule has 1 heterocycles. The zero-order chi connectivity index (χ0) is 13.8. The summed E-state index contributed by atoms with van der Waals surface area (Å²) in [6.45, 7) is 1.82. The van der Waals surface area contributed by atoms with Crippen molar-refractivity contribution in [1.29, 1.82) is 0 Å². The number of hydrogen-bond acceptors (Lipinski definition) is 2. The summed E-state index contributed by atoms with van der Waals surface area (Å²) in [4.78, 5) is 4.08. The molecule has 0 unspecified atom stereocenters. The number of aliphatic hydroxyl groups excluding tert-OH is 1. The van der Waals surface area contributed by atoms with Crippen molar-refractivity contribution in [3.8, 4) is 0 Å². The lowest BCUT2D eigenvalue weighted by atomic mass is 10.2. The molecule has 1 aromatic rings. The minimum Gasteiger partial charge on any atom is -0.393 e. The molecule has 102 valence electrons. The zero-order valence-corrected chi connectivity index (χ0v) is 11.6. The number of allylic oxidation sites excluding steroid dienone is 6. The standard InChI is InChI=1S/C17H23NO/c1-16(19)11-8-6-4-2-3-5-7-9-12-17-13-10-14-18-15-17/h3-7,9-10,13-16,19H,2,8,11-12H2,1H3/t16-/m0/s1. The highest BCUT2D eigenvalue weighted by atomic mass is 16.3. The third-order valence-electron chi connectivity index (χ3n) is 2.65. The van der Waals surface area contributed by atoms with Gasteiger partial charge in [0.05, 0.1) is 6.10 Å². The van der Waals surface area contributed by atoms with Gasteiger partial charge in [-0.3, -0.25) is 4.98 Å². The van der Waals surface area contributed by atoms with Crippen molar-refractivity contribution >= 4 is 0 Å². The molecule has 0 aliphatic carbocycles. The Morgan fingerprint density at radius 1 is 1.21 bits per heavy atom. The fourth-order valence-electron chi connectivity index (χ4n) is 1.59. The number of aromatic nitrogens is 1. The summed E-state index contributed by atoms with van der Waals surface area (Å²) < 4.78 is 0. The Hall–Kier alpha value is -1.67. The van der Waals surface area contributed by atoms with Crippen LogP contribution in [0.3, 0.4) is 0 Å². The van der Waals surface area contributed by atoms with Gasteiger partial charge in [-0.1, -0.05) is 42.5 Å². The van der Waals surface area contributed by atoms with Crippen LogP contribution < -0.4 is 0 Å². The smallest absolute Gasteiger partial charge is 0.0515 e. The van der Waals surface area contributed by atoms with Crippen molar-refractivity contribution in [2.24, 2.45) is 0 Å². The minimum atomic E-state index is -0.199. The second kappa shape index (κ2) is 10.3. The first-order valence-electron chi connectivity index (χ1n) is 6.82. The highest BCUT2D eigenvalue weighted by Crippen LogP contribution is 1.99. The molecule has 19 heavy (non-hydrogen) atoms. The summed E-state index contributed by atoms with van der Waals surface area (Å²) >= 11 is 0. The number of aliphatic hydroxyl groups is 1. The largest absolute Gasteiger partial charge is 0.393 e. The van der Waals surface area contributed by atoms with Crippen molar-refractivity contribution in [1.82, 2.24) is 4.98 Å². The molecule has 2 heteroatoms. The molecule has 0 saturated heterocycles. The summed E-state index contributed by atoms with van der Waals surface area (Å²) in [6, 6.07) is 4.03. The summed E-state index contributed by atoms with van der Waals surface area (Å²) in [5, 5.41) is 9.08. The van der Waals surface area contributed by atoms with Gasteiger partial charge in [0.25, 0.3) is 0 Å². The van der Waals surface area contributed by atoms with Crippen LogP contribution in [-0.2, 0) is 6.42 Å². The van der Waals surface area contributed by atoms with Gasteiger partial charge in [0.1, 0.15) is 0 Å². The lowest BCUT2D eigenvalue weighted by Gasteiger charge is -1.97. The maximum Gasteiger partial charge on any atom is 0.0515 e. The van der Waals surface area contributed by atoms with Crippen LogP contribution in [0.4, 0.5) is 0 Å². The number of pyridine rings is 1. The Bertz CT molecular complexity index is 405. The van der Waals surface area contributed by atoms with Crippen molar-refractivity contribution < 1.29 is 5.11 Å². The molecule has 0 spiro atoms. The fourth-order valence-corrected chi connectivity index (χ4v) is 1.59. The zero-order valence-electron chi connectivity index (χ0n) is 11.6. The van der Waals surface area contributed by atoms with Gasteiger partial charge in [0, 0.05) is 12.4 Å². The first-order chi connectivity index (χ1) is 9.29. The first kappa shape index (κ1) is 15.4. The molecule has 1 atom stereocenters. The molecule has 0 amide bonds. The van der Waals surface area contributed by atoms with Gasteiger partial charge in [-0.2, -0.15) is 0 Å². The second-order valence-corrected chi connectivity index (χ2v) is 4.56. The topological polar surface area (TPSA) is 33.1 Å². The lowest BCUT2D eigenvalue weighted by molar-refractivity contribution is 0.186. The quantitative estimate of drug-likeness (QED) is 0.567. The van der Waals surface area contributed by atoms with E-state index in [1.807, 2.05) is 19.2 Å². The highest BCUT2D eigenvalue weighted by molar-refractivity contribution is 5.14. The van der Waals surface area contributed by atoms with E-state index in [0.29, 0.717) is 0 Å². The van der Waals surface area contributed by atoms with Gasteiger partial charge in [-0.05, 0) is 44.2 Å². The maximum atomic E-state index is 9.08. The van der Waals surface area contributed by atoms with E-state index in [1.54, 1.807) is 6.20 Å². The molecule has 0 radical (unpaired) electrons. The normalized spacial score (nSPS) is 13.8. The van der Waals surface area contributed by atoms with E-state index >= 15 is 0 Å². The summed E-state index contributed by atoms with van der Waals surface area (Å²) in [6.07, 6.45) is 19.8. The van der Waals surface area contributed by atoms with E-state index in [9.17, 15) is 0 Å². The van der Waals surface area contributed by atoms with Crippen LogP contribution in [-0.4, -0.2) is 16.2 Å². The van der Waals surface area contributed by atoms with Gasteiger partial charge in [0.2, 0.25) is 0 Å². The van der Waals surface area contributed by atoms with Crippen LogP contribution in [0.15, 0.2) is 61.0 Å².